The molecule has 1 heterocycles. The van der Waals surface area contributed by atoms with Crippen molar-refractivity contribution >= 4 is 0 Å². The predicted molar refractivity (Wildman–Crippen MR) is 81.4 cm³/mol. The van der Waals surface area contributed by atoms with Crippen molar-refractivity contribution in [2.24, 2.45) is 0 Å². The first-order chi connectivity index (χ1) is 10.6. The van der Waals surface area contributed by atoms with E-state index in [0.29, 0.717) is 18.5 Å². The van der Waals surface area contributed by atoms with Crippen molar-refractivity contribution in [1.82, 2.24) is 4.90 Å². The Kier molecular flexibility index (Phi) is 4.23. The van der Waals surface area contributed by atoms with E-state index in [-0.39, 0.29) is 0 Å². The van der Waals surface area contributed by atoms with Crippen molar-refractivity contribution in [2.45, 2.75) is 18.6 Å². The van der Waals surface area contributed by atoms with Crippen molar-refractivity contribution in [3.63, 3.8) is 0 Å². The molecule has 4 heteroatoms. The number of likely N-dealkylation sites (tertiary alicyclic amines) is 1. The molecule has 0 radical (unpaired) electrons. The highest BCUT2D eigenvalue weighted by atomic mass is 19.2. The lowest BCUT2D eigenvalue weighted by Crippen LogP contribution is -2.34. The summed E-state index contributed by atoms with van der Waals surface area (Å²) in [6, 6.07) is 14.4. The second-order valence-corrected chi connectivity index (χ2v) is 5.75. The van der Waals surface area contributed by atoms with Crippen LogP contribution in [0.2, 0.25) is 0 Å². The zero-order chi connectivity index (χ0) is 15.6. The highest BCUT2D eigenvalue weighted by Crippen LogP contribution is 2.37. The molecule has 1 aliphatic heterocycles. The van der Waals surface area contributed by atoms with Crippen molar-refractivity contribution in [3.8, 4) is 0 Å². The molecule has 0 N–H and O–H groups in total. The minimum Gasteiger partial charge on any atom is -0.372 e. The van der Waals surface area contributed by atoms with Crippen LogP contribution >= 0.6 is 0 Å². The minimum absolute atomic E-state index is 0.311. The third kappa shape index (κ3) is 2.76. The van der Waals surface area contributed by atoms with E-state index in [1.54, 1.807) is 13.2 Å². The zero-order valence-corrected chi connectivity index (χ0v) is 12.6. The molecule has 1 aliphatic rings. The molecule has 1 fully saturated rings. The van der Waals surface area contributed by atoms with E-state index in [4.69, 9.17) is 4.74 Å². The topological polar surface area (TPSA) is 12.5 Å². The molecule has 0 saturated carbocycles. The molecular formula is C18H19F2NO. The van der Waals surface area contributed by atoms with Crippen molar-refractivity contribution in [2.75, 3.05) is 20.2 Å². The quantitative estimate of drug-likeness (QED) is 0.853. The molecule has 1 atom stereocenters. The van der Waals surface area contributed by atoms with Gasteiger partial charge in [-0.2, -0.15) is 0 Å². The van der Waals surface area contributed by atoms with Crippen LogP contribution in [0.15, 0.2) is 48.5 Å². The lowest BCUT2D eigenvalue weighted by Gasteiger charge is -2.29. The van der Waals surface area contributed by atoms with Crippen LogP contribution in [0.4, 0.5) is 8.78 Å². The Hall–Kier alpha value is -1.78. The maximum absolute atomic E-state index is 14.2. The van der Waals surface area contributed by atoms with E-state index in [1.165, 1.54) is 11.6 Å². The lowest BCUT2D eigenvalue weighted by molar-refractivity contribution is -0.00962. The summed E-state index contributed by atoms with van der Waals surface area (Å²) in [5.41, 5.74) is 0.737. The van der Waals surface area contributed by atoms with Gasteiger partial charge in [0.1, 0.15) is 5.60 Å². The molecule has 2 aromatic rings. The summed E-state index contributed by atoms with van der Waals surface area (Å²) in [5.74, 6) is -1.62. The number of methoxy groups -OCH3 is 1. The fourth-order valence-corrected chi connectivity index (χ4v) is 3.19. The zero-order valence-electron chi connectivity index (χ0n) is 12.6. The van der Waals surface area contributed by atoms with Crippen LogP contribution in [0.25, 0.3) is 0 Å². The van der Waals surface area contributed by atoms with Gasteiger partial charge in [0.25, 0.3) is 0 Å². The van der Waals surface area contributed by atoms with Crippen molar-refractivity contribution < 1.29 is 13.5 Å². The molecular weight excluding hydrogens is 284 g/mol. The van der Waals surface area contributed by atoms with Gasteiger partial charge in [-0.3, -0.25) is 4.90 Å². The Morgan fingerprint density at radius 2 is 1.86 bits per heavy atom. The molecule has 0 spiro atoms. The summed E-state index contributed by atoms with van der Waals surface area (Å²) in [6.07, 6.45) is 0.650. The number of halogens is 2. The van der Waals surface area contributed by atoms with Crippen molar-refractivity contribution in [1.29, 1.82) is 0 Å². The average molecular weight is 303 g/mol. The second-order valence-electron chi connectivity index (χ2n) is 5.75. The third-order valence-electron chi connectivity index (χ3n) is 4.39. The normalized spacial score (nSPS) is 22.1. The summed E-state index contributed by atoms with van der Waals surface area (Å²) in [5, 5.41) is 0. The Bertz CT molecular complexity index is 647. The number of nitrogens with zero attached hydrogens (tertiary/aromatic N) is 1. The van der Waals surface area contributed by atoms with Gasteiger partial charge in [0.05, 0.1) is 0 Å². The molecule has 3 rings (SSSR count). The maximum Gasteiger partial charge on any atom is 0.164 e. The Morgan fingerprint density at radius 3 is 2.59 bits per heavy atom. The van der Waals surface area contributed by atoms with E-state index in [9.17, 15) is 8.78 Å². The lowest BCUT2D eigenvalue weighted by atomic mass is 9.92. The largest absolute Gasteiger partial charge is 0.372 e. The molecule has 2 aromatic carbocycles. The maximum atomic E-state index is 14.2. The van der Waals surface area contributed by atoms with Gasteiger partial charge in [0, 0.05) is 32.3 Å². The molecule has 1 unspecified atom stereocenters. The first kappa shape index (κ1) is 15.1. The van der Waals surface area contributed by atoms with Gasteiger partial charge in [0.2, 0.25) is 0 Å². The summed E-state index contributed by atoms with van der Waals surface area (Å²) < 4.78 is 33.3. The molecule has 0 aromatic heterocycles. The average Bonchev–Trinajstić information content (AvgIpc) is 2.95. The van der Waals surface area contributed by atoms with Crippen LogP contribution in [-0.4, -0.2) is 25.1 Å². The van der Waals surface area contributed by atoms with Gasteiger partial charge >= 0.3 is 0 Å². The fraction of sp³-hybridized carbons (Fsp3) is 0.333. The SMILES string of the molecule is COC1(c2cccc(F)c2F)CCN(Cc2ccccc2)C1. The van der Waals surface area contributed by atoms with Crippen LogP contribution < -0.4 is 0 Å². The number of benzene rings is 2. The van der Waals surface area contributed by atoms with E-state index < -0.39 is 17.2 Å². The monoisotopic (exact) mass is 303 g/mol. The van der Waals surface area contributed by atoms with Gasteiger partial charge in [0.15, 0.2) is 11.6 Å². The number of hydrogen-bond acceptors (Lipinski definition) is 2. The summed E-state index contributed by atoms with van der Waals surface area (Å²) >= 11 is 0. The van der Waals surface area contributed by atoms with E-state index in [2.05, 4.69) is 17.0 Å². The van der Waals surface area contributed by atoms with Crippen LogP contribution in [0.5, 0.6) is 0 Å². The molecule has 22 heavy (non-hydrogen) atoms. The molecule has 2 nitrogen and oxygen atoms in total. The van der Waals surface area contributed by atoms with Crippen LogP contribution in [0.1, 0.15) is 17.5 Å². The number of rotatable bonds is 4. The van der Waals surface area contributed by atoms with Crippen molar-refractivity contribution in [3.05, 3.63) is 71.3 Å². The van der Waals surface area contributed by atoms with E-state index in [1.807, 2.05) is 18.2 Å². The summed E-state index contributed by atoms with van der Waals surface area (Å²) in [4.78, 5) is 2.21. The van der Waals surface area contributed by atoms with E-state index in [0.717, 1.165) is 19.2 Å². The van der Waals surface area contributed by atoms with Crippen LogP contribution in [0, 0.1) is 11.6 Å². The summed E-state index contributed by atoms with van der Waals surface area (Å²) in [6.45, 7) is 2.13. The molecule has 116 valence electrons. The fourth-order valence-electron chi connectivity index (χ4n) is 3.19. The first-order valence-corrected chi connectivity index (χ1v) is 7.40. The third-order valence-corrected chi connectivity index (χ3v) is 4.39. The highest BCUT2D eigenvalue weighted by Gasteiger charge is 2.42. The Balaban J connectivity index is 1.82. The summed E-state index contributed by atoms with van der Waals surface area (Å²) in [7, 11) is 1.57. The van der Waals surface area contributed by atoms with Gasteiger partial charge < -0.3 is 4.74 Å². The Morgan fingerprint density at radius 1 is 1.09 bits per heavy atom. The molecule has 0 amide bonds. The highest BCUT2D eigenvalue weighted by molar-refractivity contribution is 5.28. The van der Waals surface area contributed by atoms with Crippen LogP contribution in [-0.2, 0) is 16.9 Å². The molecule has 1 saturated heterocycles. The second kappa shape index (κ2) is 6.15. The molecule has 0 bridgehead atoms. The van der Waals surface area contributed by atoms with Gasteiger partial charge in [-0.1, -0.05) is 42.5 Å². The van der Waals surface area contributed by atoms with Gasteiger partial charge in [-0.25, -0.2) is 8.78 Å². The smallest absolute Gasteiger partial charge is 0.164 e. The van der Waals surface area contributed by atoms with Gasteiger partial charge in [-0.15, -0.1) is 0 Å². The first-order valence-electron chi connectivity index (χ1n) is 7.40. The minimum atomic E-state index is -0.824. The predicted octanol–water partition coefficient (Wildman–Crippen LogP) is 3.71. The molecule has 0 aliphatic carbocycles. The van der Waals surface area contributed by atoms with Gasteiger partial charge in [-0.05, 0) is 18.1 Å². The number of ether oxygens (including phenoxy) is 1. The van der Waals surface area contributed by atoms with Crippen LogP contribution in [0.3, 0.4) is 0 Å². The van der Waals surface area contributed by atoms with E-state index >= 15 is 0 Å². The number of hydrogen-bond donors (Lipinski definition) is 0. The standard InChI is InChI=1S/C18H19F2NO/c1-22-18(15-8-5-9-16(19)17(15)20)10-11-21(13-18)12-14-6-3-2-4-7-14/h2-9H,10-13H2,1H3. The Labute approximate surface area is 129 Å².